The molecule has 1 aromatic carbocycles. The van der Waals surface area contributed by atoms with E-state index >= 15 is 0 Å². The van der Waals surface area contributed by atoms with Crippen LogP contribution in [0.15, 0.2) is 34.7 Å². The van der Waals surface area contributed by atoms with Crippen LogP contribution < -0.4 is 0 Å². The van der Waals surface area contributed by atoms with Crippen LogP contribution in [0.4, 0.5) is 0 Å². The number of benzene rings is 1. The molecule has 1 aliphatic rings. The molecular formula is C19H20N2O2S. The van der Waals surface area contributed by atoms with Crippen LogP contribution in [0, 0.1) is 13.8 Å². The zero-order chi connectivity index (χ0) is 16.7. The van der Waals surface area contributed by atoms with Gasteiger partial charge in [0.05, 0.1) is 10.8 Å². The number of rotatable bonds is 2. The Labute approximate surface area is 145 Å². The van der Waals surface area contributed by atoms with Crippen LogP contribution in [0.5, 0.6) is 0 Å². The molecule has 0 bridgehead atoms. The molecule has 0 unspecified atom stereocenters. The number of thiophene rings is 1. The van der Waals surface area contributed by atoms with Crippen LogP contribution in [-0.4, -0.2) is 28.9 Å². The van der Waals surface area contributed by atoms with E-state index in [4.69, 9.17) is 4.42 Å². The molecule has 124 valence electrons. The molecule has 1 atom stereocenters. The summed E-state index contributed by atoms with van der Waals surface area (Å²) in [5.41, 5.74) is 2.90. The number of fused-ring (bicyclic) bond motifs is 1. The van der Waals surface area contributed by atoms with E-state index in [0.29, 0.717) is 6.54 Å². The number of hydrogen-bond donors (Lipinski definition) is 0. The average molecular weight is 340 g/mol. The molecule has 1 amide bonds. The lowest BCUT2D eigenvalue weighted by Crippen LogP contribution is -2.38. The molecule has 1 saturated heterocycles. The van der Waals surface area contributed by atoms with Crippen molar-refractivity contribution >= 4 is 28.3 Å². The highest BCUT2D eigenvalue weighted by Gasteiger charge is 2.29. The topological polar surface area (TPSA) is 46.3 Å². The second-order valence-corrected chi connectivity index (χ2v) is 7.72. The molecule has 3 heterocycles. The van der Waals surface area contributed by atoms with Crippen LogP contribution in [0.25, 0.3) is 11.1 Å². The SMILES string of the molecule is Cc1cc(C(=O)N2CCC[C@@H](c3nc4ccccc4o3)C2)sc1C. The molecule has 3 aromatic rings. The maximum Gasteiger partial charge on any atom is 0.263 e. The van der Waals surface area contributed by atoms with E-state index in [2.05, 4.69) is 18.8 Å². The summed E-state index contributed by atoms with van der Waals surface area (Å²) < 4.78 is 5.92. The Morgan fingerprint density at radius 1 is 1.33 bits per heavy atom. The van der Waals surface area contributed by atoms with Crippen LogP contribution in [-0.2, 0) is 0 Å². The quantitative estimate of drug-likeness (QED) is 0.689. The van der Waals surface area contributed by atoms with Gasteiger partial charge < -0.3 is 9.32 Å². The van der Waals surface area contributed by atoms with Crippen molar-refractivity contribution in [3.63, 3.8) is 0 Å². The van der Waals surface area contributed by atoms with E-state index in [1.54, 1.807) is 11.3 Å². The van der Waals surface area contributed by atoms with Crippen molar-refractivity contribution in [3.8, 4) is 0 Å². The number of carbonyl (C=O) groups is 1. The number of nitrogens with zero attached hydrogens (tertiary/aromatic N) is 2. The van der Waals surface area contributed by atoms with Gasteiger partial charge in [-0.05, 0) is 50.5 Å². The smallest absolute Gasteiger partial charge is 0.263 e. The van der Waals surface area contributed by atoms with Crippen LogP contribution >= 0.6 is 11.3 Å². The Kier molecular flexibility index (Phi) is 3.88. The number of aryl methyl sites for hydroxylation is 2. The van der Waals surface area contributed by atoms with Gasteiger partial charge in [0, 0.05) is 18.0 Å². The molecule has 0 aliphatic carbocycles. The Morgan fingerprint density at radius 3 is 2.92 bits per heavy atom. The summed E-state index contributed by atoms with van der Waals surface area (Å²) in [7, 11) is 0. The summed E-state index contributed by atoms with van der Waals surface area (Å²) in [5, 5.41) is 0. The summed E-state index contributed by atoms with van der Waals surface area (Å²) in [6, 6.07) is 9.83. The maximum absolute atomic E-state index is 12.8. The molecule has 0 spiro atoms. The van der Waals surface area contributed by atoms with Crippen LogP contribution in [0.2, 0.25) is 0 Å². The zero-order valence-electron chi connectivity index (χ0n) is 13.9. The normalized spacial score (nSPS) is 18.2. The molecule has 4 rings (SSSR count). The number of piperidine rings is 1. The molecule has 0 radical (unpaired) electrons. The fourth-order valence-electron chi connectivity index (χ4n) is 3.26. The number of para-hydroxylation sites is 2. The first-order valence-electron chi connectivity index (χ1n) is 8.33. The third-order valence-corrected chi connectivity index (χ3v) is 5.89. The Balaban J connectivity index is 1.55. The van der Waals surface area contributed by atoms with Gasteiger partial charge in [-0.1, -0.05) is 12.1 Å². The van der Waals surface area contributed by atoms with Crippen LogP contribution in [0.3, 0.4) is 0 Å². The van der Waals surface area contributed by atoms with Crippen molar-refractivity contribution in [3.05, 3.63) is 51.5 Å². The summed E-state index contributed by atoms with van der Waals surface area (Å²) in [4.78, 5) is 21.4. The molecule has 0 N–H and O–H groups in total. The minimum Gasteiger partial charge on any atom is -0.440 e. The molecule has 24 heavy (non-hydrogen) atoms. The third-order valence-electron chi connectivity index (χ3n) is 4.75. The third kappa shape index (κ3) is 2.73. The fourth-order valence-corrected chi connectivity index (χ4v) is 4.26. The van der Waals surface area contributed by atoms with Gasteiger partial charge in [-0.25, -0.2) is 4.98 Å². The van der Waals surface area contributed by atoms with E-state index < -0.39 is 0 Å². The lowest BCUT2D eigenvalue weighted by Gasteiger charge is -2.31. The minimum atomic E-state index is 0.136. The standard InChI is InChI=1S/C19H20N2O2S/c1-12-10-17(24-13(12)2)19(22)21-9-5-6-14(11-21)18-20-15-7-3-4-8-16(15)23-18/h3-4,7-8,10,14H,5-6,9,11H2,1-2H3/t14-/m1/s1. The van der Waals surface area contributed by atoms with Gasteiger partial charge in [-0.2, -0.15) is 0 Å². The first-order valence-corrected chi connectivity index (χ1v) is 9.15. The van der Waals surface area contributed by atoms with E-state index in [1.807, 2.05) is 35.2 Å². The van der Waals surface area contributed by atoms with E-state index in [0.717, 1.165) is 41.3 Å². The maximum atomic E-state index is 12.8. The first kappa shape index (κ1) is 15.4. The first-order chi connectivity index (χ1) is 11.6. The number of hydrogen-bond acceptors (Lipinski definition) is 4. The van der Waals surface area contributed by atoms with E-state index in [-0.39, 0.29) is 11.8 Å². The number of likely N-dealkylation sites (tertiary alicyclic amines) is 1. The van der Waals surface area contributed by atoms with Gasteiger partial charge in [0.1, 0.15) is 5.52 Å². The van der Waals surface area contributed by atoms with Gasteiger partial charge >= 0.3 is 0 Å². The van der Waals surface area contributed by atoms with Gasteiger partial charge in [0.2, 0.25) is 0 Å². The zero-order valence-corrected chi connectivity index (χ0v) is 14.7. The molecule has 0 saturated carbocycles. The summed E-state index contributed by atoms with van der Waals surface area (Å²) in [6.45, 7) is 5.61. The number of aromatic nitrogens is 1. The predicted octanol–water partition coefficient (Wildman–Crippen LogP) is 4.53. The number of amides is 1. The largest absolute Gasteiger partial charge is 0.440 e. The molecular weight excluding hydrogens is 320 g/mol. The molecule has 5 heteroatoms. The predicted molar refractivity (Wildman–Crippen MR) is 95.7 cm³/mol. The highest BCUT2D eigenvalue weighted by Crippen LogP contribution is 2.30. The highest BCUT2D eigenvalue weighted by molar-refractivity contribution is 7.14. The van der Waals surface area contributed by atoms with Gasteiger partial charge in [0.15, 0.2) is 11.5 Å². The Hall–Kier alpha value is -2.14. The average Bonchev–Trinajstić information content (AvgIpc) is 3.18. The second-order valence-electron chi connectivity index (χ2n) is 6.46. The number of oxazole rings is 1. The molecule has 4 nitrogen and oxygen atoms in total. The van der Waals surface area contributed by atoms with Gasteiger partial charge in [-0.15, -0.1) is 11.3 Å². The van der Waals surface area contributed by atoms with Crippen molar-refractivity contribution in [2.75, 3.05) is 13.1 Å². The van der Waals surface area contributed by atoms with Gasteiger partial charge in [0.25, 0.3) is 5.91 Å². The Bertz CT molecular complexity index is 843. The van der Waals surface area contributed by atoms with E-state index in [1.165, 1.54) is 10.4 Å². The van der Waals surface area contributed by atoms with Crippen molar-refractivity contribution in [2.45, 2.75) is 32.6 Å². The lowest BCUT2D eigenvalue weighted by atomic mass is 9.98. The lowest BCUT2D eigenvalue weighted by molar-refractivity contribution is 0.0704. The molecule has 1 fully saturated rings. The van der Waals surface area contributed by atoms with Crippen molar-refractivity contribution in [2.24, 2.45) is 0 Å². The fraction of sp³-hybridized carbons (Fsp3) is 0.368. The highest BCUT2D eigenvalue weighted by atomic mass is 32.1. The van der Waals surface area contributed by atoms with Gasteiger partial charge in [-0.3, -0.25) is 4.79 Å². The van der Waals surface area contributed by atoms with Crippen molar-refractivity contribution in [1.29, 1.82) is 0 Å². The number of carbonyl (C=O) groups excluding carboxylic acids is 1. The minimum absolute atomic E-state index is 0.136. The Morgan fingerprint density at radius 2 is 2.17 bits per heavy atom. The summed E-state index contributed by atoms with van der Waals surface area (Å²) >= 11 is 1.59. The van der Waals surface area contributed by atoms with Crippen molar-refractivity contribution in [1.82, 2.24) is 9.88 Å². The monoisotopic (exact) mass is 340 g/mol. The van der Waals surface area contributed by atoms with Crippen molar-refractivity contribution < 1.29 is 9.21 Å². The van der Waals surface area contributed by atoms with E-state index in [9.17, 15) is 4.79 Å². The summed E-state index contributed by atoms with van der Waals surface area (Å²) in [5.74, 6) is 1.07. The molecule has 2 aromatic heterocycles. The van der Waals surface area contributed by atoms with Crippen LogP contribution in [0.1, 0.15) is 44.8 Å². The summed E-state index contributed by atoms with van der Waals surface area (Å²) in [6.07, 6.45) is 2.00. The molecule has 1 aliphatic heterocycles. The second kappa shape index (κ2) is 6.06.